The molecular formula is C20H24N2O2S2. The van der Waals surface area contributed by atoms with Crippen LogP contribution in [0.1, 0.15) is 59.0 Å². The molecule has 0 aliphatic heterocycles. The van der Waals surface area contributed by atoms with Gasteiger partial charge in [0.15, 0.2) is 5.11 Å². The lowest BCUT2D eigenvalue weighted by Crippen LogP contribution is -2.21. The van der Waals surface area contributed by atoms with Crippen LogP contribution in [-0.2, 0) is 17.6 Å². The highest BCUT2D eigenvalue weighted by atomic mass is 32.1. The first-order valence-corrected chi connectivity index (χ1v) is 10.2. The van der Waals surface area contributed by atoms with E-state index in [4.69, 9.17) is 17.0 Å². The van der Waals surface area contributed by atoms with E-state index in [9.17, 15) is 4.79 Å². The van der Waals surface area contributed by atoms with Gasteiger partial charge in [-0.05, 0) is 61.0 Å². The summed E-state index contributed by atoms with van der Waals surface area (Å²) >= 11 is 7.13. The number of ether oxygens (including phenoxy) is 1. The Morgan fingerprint density at radius 2 is 2.08 bits per heavy atom. The maximum atomic E-state index is 12.3. The van der Waals surface area contributed by atoms with Crippen molar-refractivity contribution in [3.63, 3.8) is 0 Å². The molecule has 0 amide bonds. The molecule has 1 aromatic carbocycles. The van der Waals surface area contributed by atoms with Crippen molar-refractivity contribution in [3.05, 3.63) is 45.8 Å². The Hall–Kier alpha value is -1.92. The Kier molecular flexibility index (Phi) is 5.94. The topological polar surface area (TPSA) is 50.4 Å². The van der Waals surface area contributed by atoms with E-state index in [0.717, 1.165) is 41.9 Å². The number of esters is 1. The number of anilines is 2. The fourth-order valence-electron chi connectivity index (χ4n) is 3.33. The molecule has 0 spiro atoms. The number of hydrogen-bond donors (Lipinski definition) is 2. The average molecular weight is 389 g/mol. The van der Waals surface area contributed by atoms with Gasteiger partial charge in [0, 0.05) is 10.6 Å². The molecule has 0 radical (unpaired) electrons. The van der Waals surface area contributed by atoms with Gasteiger partial charge in [0.05, 0.1) is 12.7 Å². The lowest BCUT2D eigenvalue weighted by atomic mass is 9.97. The van der Waals surface area contributed by atoms with Gasteiger partial charge in [0.2, 0.25) is 0 Å². The number of thiophene rings is 1. The van der Waals surface area contributed by atoms with E-state index < -0.39 is 0 Å². The predicted molar refractivity (Wildman–Crippen MR) is 113 cm³/mol. The van der Waals surface area contributed by atoms with Crippen LogP contribution in [0.25, 0.3) is 0 Å². The van der Waals surface area contributed by atoms with Gasteiger partial charge in [0.1, 0.15) is 5.00 Å². The van der Waals surface area contributed by atoms with Crippen LogP contribution in [0.2, 0.25) is 0 Å². The third-order valence-electron chi connectivity index (χ3n) is 4.89. The maximum absolute atomic E-state index is 12.3. The van der Waals surface area contributed by atoms with Gasteiger partial charge in [-0.15, -0.1) is 11.3 Å². The molecule has 138 valence electrons. The van der Waals surface area contributed by atoms with E-state index in [1.807, 2.05) is 18.2 Å². The molecule has 1 aliphatic rings. The first-order chi connectivity index (χ1) is 12.5. The molecule has 0 bridgehead atoms. The van der Waals surface area contributed by atoms with Gasteiger partial charge < -0.3 is 15.4 Å². The monoisotopic (exact) mass is 388 g/mol. The summed E-state index contributed by atoms with van der Waals surface area (Å²) < 4.78 is 4.99. The van der Waals surface area contributed by atoms with Crippen molar-refractivity contribution in [2.45, 2.75) is 45.4 Å². The predicted octanol–water partition coefficient (Wildman–Crippen LogP) is 5.35. The number of fused-ring (bicyclic) bond motifs is 1. The van der Waals surface area contributed by atoms with Crippen molar-refractivity contribution < 1.29 is 9.53 Å². The van der Waals surface area contributed by atoms with Crippen molar-refractivity contribution in [1.29, 1.82) is 0 Å². The second kappa shape index (κ2) is 8.18. The lowest BCUT2D eigenvalue weighted by molar-refractivity contribution is 0.0601. The highest BCUT2D eigenvalue weighted by Crippen LogP contribution is 2.39. The molecule has 4 nitrogen and oxygen atoms in total. The summed E-state index contributed by atoms with van der Waals surface area (Å²) in [5.41, 5.74) is 4.00. The van der Waals surface area contributed by atoms with E-state index in [-0.39, 0.29) is 5.97 Å². The standard InChI is InChI=1S/C20H24N2O2S2/c1-4-12(2)13-8-5-6-10-15(13)21-20(25)22-18-17(19(23)24-3)14-9-7-11-16(14)26-18/h5-6,8,10,12H,4,7,9,11H2,1-3H3,(H2,21,22,25). The number of carbonyl (C=O) groups is 1. The first kappa shape index (κ1) is 18.9. The molecule has 2 aromatic rings. The number of methoxy groups -OCH3 is 1. The highest BCUT2D eigenvalue weighted by molar-refractivity contribution is 7.80. The number of para-hydroxylation sites is 1. The molecule has 2 N–H and O–H groups in total. The van der Waals surface area contributed by atoms with Crippen LogP contribution in [-0.4, -0.2) is 18.2 Å². The molecule has 1 heterocycles. The molecule has 1 aliphatic carbocycles. The van der Waals surface area contributed by atoms with Crippen molar-refractivity contribution in [2.75, 3.05) is 17.7 Å². The maximum Gasteiger partial charge on any atom is 0.341 e. The third kappa shape index (κ3) is 3.76. The minimum atomic E-state index is -0.297. The number of rotatable bonds is 5. The Morgan fingerprint density at radius 1 is 1.31 bits per heavy atom. The van der Waals surface area contributed by atoms with Gasteiger partial charge in [-0.2, -0.15) is 0 Å². The fraction of sp³-hybridized carbons (Fsp3) is 0.400. The molecule has 0 saturated heterocycles. The molecule has 1 atom stereocenters. The number of carbonyl (C=O) groups excluding carboxylic acids is 1. The lowest BCUT2D eigenvalue weighted by Gasteiger charge is -2.17. The van der Waals surface area contributed by atoms with Crippen LogP contribution in [0.15, 0.2) is 24.3 Å². The van der Waals surface area contributed by atoms with E-state index in [2.05, 4.69) is 30.5 Å². The van der Waals surface area contributed by atoms with Crippen molar-refractivity contribution in [2.24, 2.45) is 0 Å². The highest BCUT2D eigenvalue weighted by Gasteiger charge is 2.27. The minimum Gasteiger partial charge on any atom is -0.465 e. The number of nitrogens with one attached hydrogen (secondary N) is 2. The number of benzene rings is 1. The zero-order valence-electron chi connectivity index (χ0n) is 15.3. The van der Waals surface area contributed by atoms with Gasteiger partial charge in [-0.1, -0.05) is 32.0 Å². The Labute approximate surface area is 164 Å². The van der Waals surface area contributed by atoms with Gasteiger partial charge in [0.25, 0.3) is 0 Å². The number of thiocarbonyl (C=S) groups is 1. The van der Waals surface area contributed by atoms with Crippen LogP contribution in [0.5, 0.6) is 0 Å². The van der Waals surface area contributed by atoms with Crippen LogP contribution >= 0.6 is 23.6 Å². The van der Waals surface area contributed by atoms with E-state index in [0.29, 0.717) is 16.6 Å². The van der Waals surface area contributed by atoms with Crippen molar-refractivity contribution >= 4 is 45.3 Å². The van der Waals surface area contributed by atoms with E-state index >= 15 is 0 Å². The molecule has 1 unspecified atom stereocenters. The zero-order chi connectivity index (χ0) is 18.7. The Morgan fingerprint density at radius 3 is 2.81 bits per heavy atom. The third-order valence-corrected chi connectivity index (χ3v) is 6.30. The molecule has 1 aromatic heterocycles. The van der Waals surface area contributed by atoms with E-state index in [1.165, 1.54) is 17.6 Å². The SMILES string of the molecule is CCC(C)c1ccccc1NC(=S)Nc1sc2c(c1C(=O)OC)CCC2. The second-order valence-corrected chi connectivity index (χ2v) is 8.04. The number of aryl methyl sites for hydroxylation is 1. The summed E-state index contributed by atoms with van der Waals surface area (Å²) in [6, 6.07) is 8.20. The Bertz CT molecular complexity index is 829. The number of hydrogen-bond acceptors (Lipinski definition) is 4. The van der Waals surface area contributed by atoms with Crippen LogP contribution in [0.4, 0.5) is 10.7 Å². The van der Waals surface area contributed by atoms with Crippen molar-refractivity contribution in [1.82, 2.24) is 0 Å². The molecule has 3 rings (SSSR count). The van der Waals surface area contributed by atoms with Crippen molar-refractivity contribution in [3.8, 4) is 0 Å². The molecular weight excluding hydrogens is 364 g/mol. The Balaban J connectivity index is 1.81. The first-order valence-electron chi connectivity index (χ1n) is 8.94. The zero-order valence-corrected chi connectivity index (χ0v) is 17.0. The molecule has 6 heteroatoms. The minimum absolute atomic E-state index is 0.297. The van der Waals surface area contributed by atoms with Gasteiger partial charge >= 0.3 is 5.97 Å². The fourth-order valence-corrected chi connectivity index (χ4v) is 4.89. The normalized spacial score (nSPS) is 13.8. The molecule has 26 heavy (non-hydrogen) atoms. The van der Waals surface area contributed by atoms with Crippen LogP contribution in [0.3, 0.4) is 0 Å². The van der Waals surface area contributed by atoms with Gasteiger partial charge in [-0.25, -0.2) is 4.79 Å². The second-order valence-electron chi connectivity index (χ2n) is 6.53. The summed E-state index contributed by atoms with van der Waals surface area (Å²) in [5.74, 6) is 0.146. The van der Waals surface area contributed by atoms with Crippen LogP contribution in [0, 0.1) is 0 Å². The summed E-state index contributed by atoms with van der Waals surface area (Å²) in [6.45, 7) is 4.38. The summed E-state index contributed by atoms with van der Waals surface area (Å²) in [7, 11) is 1.42. The summed E-state index contributed by atoms with van der Waals surface area (Å²) in [5, 5.41) is 7.79. The molecule has 0 fully saturated rings. The average Bonchev–Trinajstić information content (AvgIpc) is 3.21. The quantitative estimate of drug-likeness (QED) is 0.534. The smallest absolute Gasteiger partial charge is 0.341 e. The summed E-state index contributed by atoms with van der Waals surface area (Å²) in [4.78, 5) is 13.5. The molecule has 0 saturated carbocycles. The van der Waals surface area contributed by atoms with E-state index in [1.54, 1.807) is 11.3 Å². The van der Waals surface area contributed by atoms with Gasteiger partial charge in [-0.3, -0.25) is 0 Å². The largest absolute Gasteiger partial charge is 0.465 e. The summed E-state index contributed by atoms with van der Waals surface area (Å²) in [6.07, 6.45) is 4.09. The van der Waals surface area contributed by atoms with Crippen LogP contribution < -0.4 is 10.6 Å².